The first-order valence-corrected chi connectivity index (χ1v) is 7.51. The van der Waals surface area contributed by atoms with E-state index in [1.165, 1.54) is 4.68 Å². The van der Waals surface area contributed by atoms with Gasteiger partial charge in [-0.2, -0.15) is 10.2 Å². The second-order valence-electron chi connectivity index (χ2n) is 5.41. The number of nitrogens with zero attached hydrogens (tertiary/aromatic N) is 4. The van der Waals surface area contributed by atoms with Gasteiger partial charge >= 0.3 is 0 Å². The number of nitrogens with one attached hydrogen (secondary N) is 2. The van der Waals surface area contributed by atoms with Gasteiger partial charge in [-0.3, -0.25) is 19.0 Å². The molecule has 0 bridgehead atoms. The Labute approximate surface area is 134 Å². The molecular weight excluding hydrogens is 296 g/mol. The van der Waals surface area contributed by atoms with E-state index in [0.29, 0.717) is 12.2 Å². The lowest BCUT2D eigenvalue weighted by Gasteiger charge is -2.07. The fraction of sp³-hybridized carbons (Fsp3) is 0.467. The molecule has 0 atom stereocenters. The molecule has 0 radical (unpaired) electrons. The van der Waals surface area contributed by atoms with Crippen molar-refractivity contribution in [2.45, 2.75) is 26.8 Å². The number of aryl methyl sites for hydroxylation is 4. The van der Waals surface area contributed by atoms with Crippen LogP contribution in [-0.2, 0) is 18.4 Å². The first kappa shape index (κ1) is 16.7. The normalized spacial score (nSPS) is 10.6. The zero-order valence-electron chi connectivity index (χ0n) is 13.7. The Morgan fingerprint density at radius 1 is 1.22 bits per heavy atom. The van der Waals surface area contributed by atoms with Crippen LogP contribution < -0.4 is 10.6 Å². The van der Waals surface area contributed by atoms with E-state index in [2.05, 4.69) is 20.8 Å². The van der Waals surface area contributed by atoms with Gasteiger partial charge in [0.2, 0.25) is 5.91 Å². The van der Waals surface area contributed by atoms with E-state index in [1.807, 2.05) is 24.6 Å². The van der Waals surface area contributed by atoms with Crippen LogP contribution in [0.4, 0.5) is 0 Å². The van der Waals surface area contributed by atoms with Gasteiger partial charge in [0.05, 0.1) is 12.2 Å². The molecule has 0 aliphatic heterocycles. The number of hydrogen-bond donors (Lipinski definition) is 2. The van der Waals surface area contributed by atoms with Gasteiger partial charge in [-0.25, -0.2) is 0 Å². The number of carbonyl (C=O) groups excluding carboxylic acids is 2. The summed E-state index contributed by atoms with van der Waals surface area (Å²) in [4.78, 5) is 23.4. The first-order chi connectivity index (χ1) is 11.0. The van der Waals surface area contributed by atoms with Crippen LogP contribution in [0, 0.1) is 13.8 Å². The van der Waals surface area contributed by atoms with E-state index < -0.39 is 0 Å². The van der Waals surface area contributed by atoms with E-state index in [0.717, 1.165) is 24.4 Å². The Kier molecular flexibility index (Phi) is 5.51. The van der Waals surface area contributed by atoms with Crippen LogP contribution in [0.1, 0.15) is 28.3 Å². The van der Waals surface area contributed by atoms with Gasteiger partial charge in [0.1, 0.15) is 5.69 Å². The summed E-state index contributed by atoms with van der Waals surface area (Å²) in [6, 6.07) is 3.62. The minimum atomic E-state index is -0.358. The molecule has 23 heavy (non-hydrogen) atoms. The summed E-state index contributed by atoms with van der Waals surface area (Å²) in [5.41, 5.74) is 2.39. The molecule has 2 N–H and O–H groups in total. The maximum absolute atomic E-state index is 11.7. The van der Waals surface area contributed by atoms with Crippen molar-refractivity contribution < 1.29 is 9.59 Å². The first-order valence-electron chi connectivity index (χ1n) is 7.51. The topological polar surface area (TPSA) is 93.8 Å². The molecule has 8 heteroatoms. The lowest BCUT2D eigenvalue weighted by molar-refractivity contribution is -0.120. The third kappa shape index (κ3) is 4.94. The van der Waals surface area contributed by atoms with Crippen molar-refractivity contribution in [1.29, 1.82) is 0 Å². The number of carbonyl (C=O) groups is 2. The summed E-state index contributed by atoms with van der Waals surface area (Å²) >= 11 is 0. The van der Waals surface area contributed by atoms with E-state index in [1.54, 1.807) is 19.3 Å². The number of amides is 2. The fourth-order valence-electron chi connectivity index (χ4n) is 2.21. The monoisotopic (exact) mass is 318 g/mol. The molecule has 0 aliphatic rings. The molecule has 0 unspecified atom stereocenters. The maximum atomic E-state index is 11.7. The predicted octanol–water partition coefficient (Wildman–Crippen LogP) is 0.170. The second-order valence-corrected chi connectivity index (χ2v) is 5.41. The van der Waals surface area contributed by atoms with Crippen LogP contribution in [-0.4, -0.2) is 44.5 Å². The molecule has 0 saturated carbocycles. The Bertz CT molecular complexity index is 688. The lowest BCUT2D eigenvalue weighted by Crippen LogP contribution is -2.37. The quantitative estimate of drug-likeness (QED) is 0.712. The van der Waals surface area contributed by atoms with E-state index >= 15 is 0 Å². The zero-order valence-corrected chi connectivity index (χ0v) is 13.7. The average molecular weight is 318 g/mol. The van der Waals surface area contributed by atoms with Gasteiger partial charge in [-0.1, -0.05) is 0 Å². The third-order valence-electron chi connectivity index (χ3n) is 3.33. The number of rotatable bonds is 7. The van der Waals surface area contributed by atoms with Crippen molar-refractivity contribution in [3.05, 3.63) is 35.4 Å². The van der Waals surface area contributed by atoms with Crippen LogP contribution in [0.3, 0.4) is 0 Å². The largest absolute Gasteiger partial charge is 0.355 e. The minimum absolute atomic E-state index is 0.0602. The summed E-state index contributed by atoms with van der Waals surface area (Å²) in [5.74, 6) is -0.578. The zero-order chi connectivity index (χ0) is 16.8. The van der Waals surface area contributed by atoms with Gasteiger partial charge in [0.15, 0.2) is 0 Å². The molecule has 8 nitrogen and oxygen atoms in total. The summed E-state index contributed by atoms with van der Waals surface area (Å²) < 4.78 is 3.46. The summed E-state index contributed by atoms with van der Waals surface area (Å²) in [6.07, 6.45) is 2.45. The smallest absolute Gasteiger partial charge is 0.272 e. The maximum Gasteiger partial charge on any atom is 0.272 e. The Morgan fingerprint density at radius 3 is 2.61 bits per heavy atom. The highest BCUT2D eigenvalue weighted by Crippen LogP contribution is 2.02. The van der Waals surface area contributed by atoms with Crippen molar-refractivity contribution in [2.24, 2.45) is 7.05 Å². The molecule has 2 rings (SSSR count). The van der Waals surface area contributed by atoms with Crippen molar-refractivity contribution in [3.8, 4) is 0 Å². The fourth-order valence-corrected chi connectivity index (χ4v) is 2.21. The standard InChI is InChI=1S/C15H22N6O2/c1-11-9-12(2)21(18-11)7-4-6-16-14(22)10-17-15(23)13-5-8-20(3)19-13/h5,8-9H,4,6-7,10H2,1-3H3,(H,16,22)(H,17,23). The van der Waals surface area contributed by atoms with Gasteiger partial charge < -0.3 is 10.6 Å². The molecule has 124 valence electrons. The molecule has 0 saturated heterocycles. The van der Waals surface area contributed by atoms with E-state index in [-0.39, 0.29) is 18.4 Å². The highest BCUT2D eigenvalue weighted by atomic mass is 16.2. The van der Waals surface area contributed by atoms with Crippen LogP contribution in [0.15, 0.2) is 18.3 Å². The third-order valence-corrected chi connectivity index (χ3v) is 3.33. The summed E-state index contributed by atoms with van der Waals surface area (Å²) in [7, 11) is 1.73. The molecule has 0 aliphatic carbocycles. The molecule has 0 aromatic carbocycles. The molecule has 0 fully saturated rings. The number of aromatic nitrogens is 4. The molecule has 0 spiro atoms. The van der Waals surface area contributed by atoms with Crippen molar-refractivity contribution in [2.75, 3.05) is 13.1 Å². The molecular formula is C15H22N6O2. The highest BCUT2D eigenvalue weighted by molar-refractivity contribution is 5.94. The minimum Gasteiger partial charge on any atom is -0.355 e. The SMILES string of the molecule is Cc1cc(C)n(CCCNC(=O)CNC(=O)c2ccn(C)n2)n1. The van der Waals surface area contributed by atoms with Gasteiger partial charge in [-0.05, 0) is 32.4 Å². The van der Waals surface area contributed by atoms with Crippen LogP contribution in [0.25, 0.3) is 0 Å². The van der Waals surface area contributed by atoms with Gasteiger partial charge in [0.25, 0.3) is 5.91 Å². The van der Waals surface area contributed by atoms with Crippen LogP contribution in [0.2, 0.25) is 0 Å². The molecule has 2 aromatic rings. The summed E-state index contributed by atoms with van der Waals surface area (Å²) in [5, 5.41) is 13.6. The Balaban J connectivity index is 1.63. The highest BCUT2D eigenvalue weighted by Gasteiger charge is 2.10. The molecule has 2 heterocycles. The predicted molar refractivity (Wildman–Crippen MR) is 84.9 cm³/mol. The average Bonchev–Trinajstić information content (AvgIpc) is 3.07. The molecule has 2 aromatic heterocycles. The van der Waals surface area contributed by atoms with E-state index in [9.17, 15) is 9.59 Å². The van der Waals surface area contributed by atoms with Crippen molar-refractivity contribution in [1.82, 2.24) is 30.2 Å². The molecule has 2 amide bonds. The Hall–Kier alpha value is -2.64. The van der Waals surface area contributed by atoms with Crippen LogP contribution >= 0.6 is 0 Å². The second kappa shape index (κ2) is 7.57. The van der Waals surface area contributed by atoms with Crippen molar-refractivity contribution in [3.63, 3.8) is 0 Å². The lowest BCUT2D eigenvalue weighted by atomic mass is 10.3. The van der Waals surface area contributed by atoms with Crippen molar-refractivity contribution >= 4 is 11.8 Å². The number of hydrogen-bond acceptors (Lipinski definition) is 4. The van der Waals surface area contributed by atoms with Gasteiger partial charge in [0, 0.05) is 32.0 Å². The van der Waals surface area contributed by atoms with E-state index in [4.69, 9.17) is 0 Å². The Morgan fingerprint density at radius 2 is 2.00 bits per heavy atom. The summed E-state index contributed by atoms with van der Waals surface area (Å²) in [6.45, 7) is 5.19. The van der Waals surface area contributed by atoms with Crippen LogP contribution in [0.5, 0.6) is 0 Å². The van der Waals surface area contributed by atoms with Gasteiger partial charge in [-0.15, -0.1) is 0 Å².